The summed E-state index contributed by atoms with van der Waals surface area (Å²) in [7, 11) is 0. The van der Waals surface area contributed by atoms with Crippen LogP contribution in [0.15, 0.2) is 0 Å². The molecule has 0 heterocycles. The van der Waals surface area contributed by atoms with Gasteiger partial charge in [-0.1, -0.05) is 0 Å². The molecule has 0 aliphatic rings. The van der Waals surface area contributed by atoms with Crippen LogP contribution in [0.25, 0.3) is 4.85 Å². The Kier molecular flexibility index (Phi) is 2.11. The lowest BCUT2D eigenvalue weighted by Crippen LogP contribution is -2.14. The fraction of sp³-hybridized carbons (Fsp3) is 0.800. The van der Waals surface area contributed by atoms with Crippen LogP contribution in [0.1, 0.15) is 13.8 Å². The molecule has 7 heavy (non-hydrogen) atoms. The fourth-order valence-electron chi connectivity index (χ4n) is 0.0299. The summed E-state index contributed by atoms with van der Waals surface area (Å²) in [5.41, 5.74) is -0.360. The molecule has 0 saturated heterocycles. The van der Waals surface area contributed by atoms with Crippen molar-refractivity contribution in [1.29, 1.82) is 0 Å². The van der Waals surface area contributed by atoms with Crippen LogP contribution in [-0.2, 0) is 0 Å². The normalized spacial score (nSPS) is 10.6. The van der Waals surface area contributed by atoms with Crippen LogP contribution in [0, 0.1) is 6.57 Å². The highest BCUT2D eigenvalue weighted by molar-refractivity contribution is 6.18. The lowest BCUT2D eigenvalue weighted by atomic mass is 10.1. The zero-order valence-electron chi connectivity index (χ0n) is 4.53. The smallest absolute Gasteiger partial charge is 0.240 e. The summed E-state index contributed by atoms with van der Waals surface area (Å²) in [5.74, 6) is 0.413. The molecule has 0 fully saturated rings. The maximum atomic E-state index is 6.55. The van der Waals surface area contributed by atoms with Crippen LogP contribution in [0.5, 0.6) is 0 Å². The molecule has 0 unspecified atom stereocenters. The van der Waals surface area contributed by atoms with E-state index >= 15 is 0 Å². The van der Waals surface area contributed by atoms with Gasteiger partial charge in [0.15, 0.2) is 0 Å². The Bertz CT molecular complexity index is 90.7. The summed E-state index contributed by atoms with van der Waals surface area (Å²) in [5, 5.41) is 0. The number of alkyl halides is 1. The maximum Gasteiger partial charge on any atom is 0.240 e. The Labute approximate surface area is 49.1 Å². The first-order valence-electron chi connectivity index (χ1n) is 2.07. The quantitative estimate of drug-likeness (QED) is 0.365. The van der Waals surface area contributed by atoms with E-state index in [1.54, 1.807) is 0 Å². The van der Waals surface area contributed by atoms with Crippen molar-refractivity contribution in [3.63, 3.8) is 0 Å². The van der Waals surface area contributed by atoms with Gasteiger partial charge in [-0.2, -0.15) is 0 Å². The van der Waals surface area contributed by atoms with Crippen molar-refractivity contribution in [3.05, 3.63) is 11.4 Å². The van der Waals surface area contributed by atoms with Gasteiger partial charge in [0.1, 0.15) is 0 Å². The van der Waals surface area contributed by atoms with E-state index in [9.17, 15) is 0 Å². The number of halogens is 1. The van der Waals surface area contributed by atoms with Crippen molar-refractivity contribution >= 4 is 11.6 Å². The van der Waals surface area contributed by atoms with Crippen LogP contribution in [-0.4, -0.2) is 11.4 Å². The predicted molar refractivity (Wildman–Crippen MR) is 31.4 cm³/mol. The molecule has 40 valence electrons. The molecule has 0 aliphatic heterocycles. The topological polar surface area (TPSA) is 4.36 Å². The van der Waals surface area contributed by atoms with Gasteiger partial charge in [0.05, 0.1) is 5.88 Å². The van der Waals surface area contributed by atoms with Crippen LogP contribution in [0.4, 0.5) is 0 Å². The Morgan fingerprint density at radius 1 is 1.71 bits per heavy atom. The van der Waals surface area contributed by atoms with Gasteiger partial charge in [0, 0.05) is 13.8 Å². The highest BCUT2D eigenvalue weighted by Gasteiger charge is 2.19. The van der Waals surface area contributed by atoms with Gasteiger partial charge in [-0.05, 0) is 0 Å². The minimum absolute atomic E-state index is 0.360. The third-order valence-electron chi connectivity index (χ3n) is 0.630. The molecule has 0 N–H and O–H groups in total. The summed E-state index contributed by atoms with van der Waals surface area (Å²) in [4.78, 5) is 3.26. The first-order valence-corrected chi connectivity index (χ1v) is 2.60. The Morgan fingerprint density at radius 3 is 2.14 bits per heavy atom. The standard InChI is InChI=1S/C5H8ClN/c1-5(2,4-6)7-3/h4H2,1-2H3. The van der Waals surface area contributed by atoms with Crippen LogP contribution in [0.2, 0.25) is 0 Å². The second-order valence-corrected chi connectivity index (χ2v) is 2.33. The number of hydrogen-bond donors (Lipinski definition) is 0. The van der Waals surface area contributed by atoms with E-state index < -0.39 is 0 Å². The molecule has 0 aromatic heterocycles. The SMILES string of the molecule is [C-]#[N+]C(C)(C)CCl. The van der Waals surface area contributed by atoms with E-state index in [2.05, 4.69) is 4.85 Å². The molecule has 2 heteroatoms. The summed E-state index contributed by atoms with van der Waals surface area (Å²) in [6.45, 7) is 10.2. The summed E-state index contributed by atoms with van der Waals surface area (Å²) in [6.07, 6.45) is 0. The van der Waals surface area contributed by atoms with Gasteiger partial charge in [-0.3, -0.25) is 0 Å². The molecule has 1 nitrogen and oxygen atoms in total. The van der Waals surface area contributed by atoms with E-state index in [-0.39, 0.29) is 5.54 Å². The average Bonchev–Trinajstić information content (AvgIpc) is 1.68. The van der Waals surface area contributed by atoms with Gasteiger partial charge in [0.2, 0.25) is 5.54 Å². The molecule has 0 atom stereocenters. The van der Waals surface area contributed by atoms with E-state index in [1.807, 2.05) is 13.8 Å². The first-order chi connectivity index (χ1) is 3.12. The Hall–Kier alpha value is -0.220. The van der Waals surface area contributed by atoms with E-state index in [4.69, 9.17) is 18.2 Å². The monoisotopic (exact) mass is 117 g/mol. The Balaban J connectivity index is 3.66. The van der Waals surface area contributed by atoms with Crippen LogP contribution in [0.3, 0.4) is 0 Å². The van der Waals surface area contributed by atoms with Gasteiger partial charge in [0.25, 0.3) is 0 Å². The fourth-order valence-corrected chi connectivity index (χ4v) is 0.0896. The average molecular weight is 118 g/mol. The predicted octanol–water partition coefficient (Wildman–Crippen LogP) is 1.92. The molecule has 0 aromatic carbocycles. The van der Waals surface area contributed by atoms with Gasteiger partial charge < -0.3 is 4.85 Å². The molecule has 0 bridgehead atoms. The third-order valence-corrected chi connectivity index (χ3v) is 1.28. The largest absolute Gasteiger partial charge is 0.310 e. The second-order valence-electron chi connectivity index (χ2n) is 2.06. The third kappa shape index (κ3) is 2.47. The van der Waals surface area contributed by atoms with Crippen molar-refractivity contribution < 1.29 is 0 Å². The minimum Gasteiger partial charge on any atom is -0.310 e. The zero-order chi connectivity index (χ0) is 5.91. The highest BCUT2D eigenvalue weighted by atomic mass is 35.5. The van der Waals surface area contributed by atoms with Crippen LogP contribution < -0.4 is 0 Å². The van der Waals surface area contributed by atoms with Crippen molar-refractivity contribution in [1.82, 2.24) is 0 Å². The van der Waals surface area contributed by atoms with Crippen LogP contribution >= 0.6 is 11.6 Å². The molecule has 0 radical (unpaired) electrons. The highest BCUT2D eigenvalue weighted by Crippen LogP contribution is 2.08. The Morgan fingerprint density at radius 2 is 2.14 bits per heavy atom. The molecule has 0 amide bonds. The molecular formula is C5H8ClN. The summed E-state index contributed by atoms with van der Waals surface area (Å²) in [6, 6.07) is 0. The summed E-state index contributed by atoms with van der Waals surface area (Å²) >= 11 is 5.38. The second kappa shape index (κ2) is 2.18. The van der Waals surface area contributed by atoms with Gasteiger partial charge in [-0.15, -0.1) is 11.6 Å². The first kappa shape index (κ1) is 6.78. The molecule has 0 rings (SSSR count). The number of nitrogens with zero attached hydrogens (tertiary/aromatic N) is 1. The maximum absolute atomic E-state index is 6.55. The minimum atomic E-state index is -0.360. The lowest BCUT2D eigenvalue weighted by Gasteiger charge is -2.02. The molecule has 0 spiro atoms. The molecule has 0 aliphatic carbocycles. The zero-order valence-corrected chi connectivity index (χ0v) is 5.29. The van der Waals surface area contributed by atoms with Crippen molar-refractivity contribution in [3.8, 4) is 0 Å². The van der Waals surface area contributed by atoms with E-state index in [0.717, 1.165) is 0 Å². The van der Waals surface area contributed by atoms with Gasteiger partial charge in [-0.25, -0.2) is 6.57 Å². The van der Waals surface area contributed by atoms with Gasteiger partial charge >= 0.3 is 0 Å². The molecule has 0 aromatic rings. The number of rotatable bonds is 1. The van der Waals surface area contributed by atoms with E-state index in [0.29, 0.717) is 5.88 Å². The molecular weight excluding hydrogens is 110 g/mol. The van der Waals surface area contributed by atoms with Crippen molar-refractivity contribution in [2.24, 2.45) is 0 Å². The summed E-state index contributed by atoms with van der Waals surface area (Å²) < 4.78 is 0. The van der Waals surface area contributed by atoms with E-state index in [1.165, 1.54) is 0 Å². The number of hydrogen-bond acceptors (Lipinski definition) is 0. The van der Waals surface area contributed by atoms with Crippen molar-refractivity contribution in [2.45, 2.75) is 19.4 Å². The van der Waals surface area contributed by atoms with Crippen molar-refractivity contribution in [2.75, 3.05) is 5.88 Å². The lowest BCUT2D eigenvalue weighted by molar-refractivity contribution is 0.696. The molecule has 0 saturated carbocycles.